The van der Waals surface area contributed by atoms with Crippen LogP contribution < -0.4 is 4.57 Å². The third-order valence-corrected chi connectivity index (χ3v) is 4.33. The SMILES string of the molecule is Cc1cc2oc3c(C#N)cc(F)cc3c2cc1-c1cccc[n+]1C. The summed E-state index contributed by atoms with van der Waals surface area (Å²) in [4.78, 5) is 0. The molecular weight excluding hydrogens is 303 g/mol. The van der Waals surface area contributed by atoms with Crippen molar-refractivity contribution in [2.75, 3.05) is 0 Å². The molecule has 0 aliphatic rings. The van der Waals surface area contributed by atoms with Gasteiger partial charge in [-0.2, -0.15) is 5.26 Å². The maximum absolute atomic E-state index is 13.9. The predicted molar refractivity (Wildman–Crippen MR) is 89.7 cm³/mol. The average Bonchev–Trinajstić information content (AvgIpc) is 2.91. The number of hydrogen-bond acceptors (Lipinski definition) is 2. The zero-order valence-electron chi connectivity index (χ0n) is 13.3. The Hall–Kier alpha value is -3.19. The lowest BCUT2D eigenvalue weighted by molar-refractivity contribution is -0.660. The van der Waals surface area contributed by atoms with Gasteiger partial charge in [0.15, 0.2) is 11.8 Å². The van der Waals surface area contributed by atoms with Crippen LogP contribution >= 0.6 is 0 Å². The number of benzene rings is 2. The van der Waals surface area contributed by atoms with Gasteiger partial charge >= 0.3 is 0 Å². The molecule has 2 heterocycles. The lowest BCUT2D eigenvalue weighted by Gasteiger charge is -2.04. The van der Waals surface area contributed by atoms with E-state index in [4.69, 9.17) is 4.42 Å². The Labute approximate surface area is 138 Å². The quantitative estimate of drug-likeness (QED) is 0.488. The molecule has 4 rings (SSSR count). The van der Waals surface area contributed by atoms with Gasteiger partial charge in [0.05, 0.1) is 5.56 Å². The number of nitrogens with zero attached hydrogens (tertiary/aromatic N) is 2. The van der Waals surface area contributed by atoms with Crippen molar-refractivity contribution in [3.05, 3.63) is 65.6 Å². The van der Waals surface area contributed by atoms with Gasteiger partial charge in [-0.15, -0.1) is 0 Å². The molecule has 0 fully saturated rings. The van der Waals surface area contributed by atoms with Gasteiger partial charge in [-0.3, -0.25) is 0 Å². The Morgan fingerprint density at radius 3 is 2.71 bits per heavy atom. The zero-order valence-corrected chi connectivity index (χ0v) is 13.3. The summed E-state index contributed by atoms with van der Waals surface area (Å²) < 4.78 is 21.7. The molecule has 0 aliphatic heterocycles. The molecule has 3 nitrogen and oxygen atoms in total. The van der Waals surface area contributed by atoms with Gasteiger partial charge in [-0.05, 0) is 42.8 Å². The van der Waals surface area contributed by atoms with E-state index in [1.54, 1.807) is 0 Å². The van der Waals surface area contributed by atoms with Gasteiger partial charge < -0.3 is 4.42 Å². The molecule has 2 aromatic heterocycles. The van der Waals surface area contributed by atoms with Crippen molar-refractivity contribution in [2.24, 2.45) is 7.05 Å². The number of halogens is 1. The first kappa shape index (κ1) is 14.4. The highest BCUT2D eigenvalue weighted by Gasteiger charge is 2.18. The van der Waals surface area contributed by atoms with E-state index >= 15 is 0 Å². The number of nitriles is 1. The van der Waals surface area contributed by atoms with Gasteiger partial charge in [0.2, 0.25) is 5.69 Å². The molecule has 0 radical (unpaired) electrons. The predicted octanol–water partition coefficient (Wildman–Crippen LogP) is 4.40. The molecular formula is C20H14FN2O+. The van der Waals surface area contributed by atoms with Crippen LogP contribution in [0.15, 0.2) is 53.1 Å². The maximum atomic E-state index is 13.9. The largest absolute Gasteiger partial charge is 0.455 e. The Morgan fingerprint density at radius 1 is 1.12 bits per heavy atom. The van der Waals surface area contributed by atoms with Crippen LogP contribution in [-0.2, 0) is 7.05 Å². The standard InChI is InChI=1S/C20H14FN2O/c1-12-7-19-16(10-15(12)18-5-3-4-6-23(18)2)17-9-14(21)8-13(11-22)20(17)24-19/h3-10H,1-2H3/q+1. The van der Waals surface area contributed by atoms with Crippen molar-refractivity contribution >= 4 is 21.9 Å². The number of furan rings is 1. The molecule has 0 atom stereocenters. The van der Waals surface area contributed by atoms with Gasteiger partial charge in [-0.25, -0.2) is 8.96 Å². The zero-order chi connectivity index (χ0) is 16.8. The monoisotopic (exact) mass is 317 g/mol. The van der Waals surface area contributed by atoms with Crippen LogP contribution in [0.25, 0.3) is 33.2 Å². The van der Waals surface area contributed by atoms with E-state index in [9.17, 15) is 9.65 Å². The second-order valence-electron chi connectivity index (χ2n) is 5.90. The number of hydrogen-bond donors (Lipinski definition) is 0. The van der Waals surface area contributed by atoms with Gasteiger partial charge in [0.1, 0.15) is 24.5 Å². The molecule has 2 aromatic carbocycles. The minimum Gasteiger partial charge on any atom is -0.455 e. The first-order chi connectivity index (χ1) is 11.6. The number of rotatable bonds is 1. The summed E-state index contributed by atoms with van der Waals surface area (Å²) in [5, 5.41) is 10.7. The van der Waals surface area contributed by atoms with Crippen LogP contribution in [0.3, 0.4) is 0 Å². The normalized spacial score (nSPS) is 11.1. The lowest BCUT2D eigenvalue weighted by Crippen LogP contribution is -2.30. The van der Waals surface area contributed by atoms with E-state index in [1.165, 1.54) is 12.1 Å². The van der Waals surface area contributed by atoms with E-state index in [1.807, 2.05) is 61.1 Å². The van der Waals surface area contributed by atoms with Crippen LogP contribution in [0.4, 0.5) is 4.39 Å². The van der Waals surface area contributed by atoms with Gasteiger partial charge in [-0.1, -0.05) is 0 Å². The van der Waals surface area contributed by atoms with E-state index in [0.29, 0.717) is 16.6 Å². The Balaban J connectivity index is 2.11. The van der Waals surface area contributed by atoms with E-state index < -0.39 is 5.82 Å². The summed E-state index contributed by atoms with van der Waals surface area (Å²) in [6, 6.07) is 14.6. The molecule has 0 bridgehead atoms. The molecule has 24 heavy (non-hydrogen) atoms. The molecule has 0 saturated carbocycles. The third kappa shape index (κ3) is 2.06. The van der Waals surface area contributed by atoms with Crippen LogP contribution in [0.1, 0.15) is 11.1 Å². The Bertz CT molecular complexity index is 1150. The number of aryl methyl sites for hydroxylation is 2. The first-order valence-corrected chi connectivity index (χ1v) is 7.60. The maximum Gasteiger partial charge on any atom is 0.212 e. The highest BCUT2D eigenvalue weighted by Crippen LogP contribution is 2.35. The molecule has 0 N–H and O–H groups in total. The van der Waals surface area contributed by atoms with Crippen molar-refractivity contribution in [3.63, 3.8) is 0 Å². The fourth-order valence-electron chi connectivity index (χ4n) is 3.15. The highest BCUT2D eigenvalue weighted by molar-refractivity contribution is 6.08. The van der Waals surface area contributed by atoms with Gasteiger partial charge in [0, 0.05) is 28.5 Å². The van der Waals surface area contributed by atoms with Crippen LogP contribution in [0, 0.1) is 24.1 Å². The van der Waals surface area contributed by atoms with Crippen molar-refractivity contribution < 1.29 is 13.4 Å². The van der Waals surface area contributed by atoms with Gasteiger partial charge in [0.25, 0.3) is 0 Å². The molecule has 4 aromatic rings. The Morgan fingerprint density at radius 2 is 1.96 bits per heavy atom. The van der Waals surface area contributed by atoms with E-state index in [0.717, 1.165) is 22.2 Å². The molecule has 4 heteroatoms. The highest BCUT2D eigenvalue weighted by atomic mass is 19.1. The number of pyridine rings is 1. The summed E-state index contributed by atoms with van der Waals surface area (Å²) in [6.07, 6.45) is 1.99. The first-order valence-electron chi connectivity index (χ1n) is 7.60. The summed E-state index contributed by atoms with van der Waals surface area (Å²) in [5.41, 5.74) is 4.47. The van der Waals surface area contributed by atoms with Crippen molar-refractivity contribution in [1.29, 1.82) is 5.26 Å². The fraction of sp³-hybridized carbons (Fsp3) is 0.100. The van der Waals surface area contributed by atoms with Crippen molar-refractivity contribution in [1.82, 2.24) is 0 Å². The second kappa shape index (κ2) is 5.17. The molecule has 0 aliphatic carbocycles. The minimum absolute atomic E-state index is 0.214. The number of fused-ring (bicyclic) bond motifs is 3. The van der Waals surface area contributed by atoms with E-state index in [-0.39, 0.29) is 5.56 Å². The Kier molecular flexibility index (Phi) is 3.10. The summed E-state index contributed by atoms with van der Waals surface area (Å²) in [6.45, 7) is 2.01. The van der Waals surface area contributed by atoms with Crippen LogP contribution in [0.5, 0.6) is 0 Å². The topological polar surface area (TPSA) is 40.8 Å². The van der Waals surface area contributed by atoms with E-state index in [2.05, 4.69) is 0 Å². The smallest absolute Gasteiger partial charge is 0.212 e. The van der Waals surface area contributed by atoms with Crippen LogP contribution in [-0.4, -0.2) is 0 Å². The molecule has 116 valence electrons. The van der Waals surface area contributed by atoms with Crippen molar-refractivity contribution in [3.8, 4) is 17.3 Å². The molecule has 0 unspecified atom stereocenters. The minimum atomic E-state index is -0.436. The average molecular weight is 317 g/mol. The molecule has 0 saturated heterocycles. The molecule has 0 amide bonds. The second-order valence-corrected chi connectivity index (χ2v) is 5.90. The van der Waals surface area contributed by atoms with Crippen molar-refractivity contribution in [2.45, 2.75) is 6.92 Å². The third-order valence-electron chi connectivity index (χ3n) is 4.33. The summed E-state index contributed by atoms with van der Waals surface area (Å²) >= 11 is 0. The number of aromatic nitrogens is 1. The van der Waals surface area contributed by atoms with Crippen LogP contribution in [0.2, 0.25) is 0 Å². The summed E-state index contributed by atoms with van der Waals surface area (Å²) in [7, 11) is 1.99. The summed E-state index contributed by atoms with van der Waals surface area (Å²) in [5.74, 6) is -0.436. The fourth-order valence-corrected chi connectivity index (χ4v) is 3.15. The lowest BCUT2D eigenvalue weighted by atomic mass is 10.0. The molecule has 0 spiro atoms.